The van der Waals surface area contributed by atoms with E-state index in [1.54, 1.807) is 27.5 Å². The number of benzene rings is 1. The molecule has 2 N–H and O–H groups in total. The Labute approximate surface area is 146 Å². The number of rotatable bonds is 5. The molecule has 1 aromatic heterocycles. The molecule has 7 heteroatoms. The van der Waals surface area contributed by atoms with E-state index in [1.165, 1.54) is 0 Å². The maximum Gasteiger partial charge on any atom is 0.203 e. The Morgan fingerprint density at radius 1 is 1.16 bits per heavy atom. The van der Waals surface area contributed by atoms with E-state index in [0.717, 1.165) is 16.7 Å². The topological polar surface area (TPSA) is 93.6 Å². The van der Waals surface area contributed by atoms with Gasteiger partial charge in [0.25, 0.3) is 0 Å². The number of anilines is 1. The van der Waals surface area contributed by atoms with Crippen molar-refractivity contribution >= 4 is 5.82 Å². The van der Waals surface area contributed by atoms with Gasteiger partial charge in [-0.2, -0.15) is 5.26 Å². The van der Waals surface area contributed by atoms with Crippen LogP contribution < -0.4 is 19.9 Å². The van der Waals surface area contributed by atoms with Crippen molar-refractivity contribution in [2.75, 3.05) is 27.1 Å². The molecule has 0 saturated carbocycles. The Kier molecular flexibility index (Phi) is 4.63. The number of ether oxygens (including phenoxy) is 3. The van der Waals surface area contributed by atoms with Gasteiger partial charge < -0.3 is 19.9 Å². The van der Waals surface area contributed by atoms with Crippen molar-refractivity contribution in [3.8, 4) is 23.3 Å². The molecule has 0 radical (unpaired) electrons. The molecule has 7 nitrogen and oxygen atoms in total. The maximum absolute atomic E-state index is 9.32. The van der Waals surface area contributed by atoms with E-state index in [0.29, 0.717) is 42.4 Å². The monoisotopic (exact) mass is 340 g/mol. The Morgan fingerprint density at radius 3 is 2.40 bits per heavy atom. The van der Waals surface area contributed by atoms with Gasteiger partial charge in [-0.1, -0.05) is 0 Å². The third kappa shape index (κ3) is 3.04. The first-order valence-electron chi connectivity index (χ1n) is 7.78. The molecule has 0 aliphatic carbocycles. The summed E-state index contributed by atoms with van der Waals surface area (Å²) in [5.41, 5.74) is 9.32. The number of nitriles is 1. The normalized spacial score (nSPS) is 13.2. The third-order valence-corrected chi connectivity index (χ3v) is 4.32. The molecule has 0 amide bonds. The molecule has 1 aliphatic rings. The molecule has 25 heavy (non-hydrogen) atoms. The minimum Gasteiger partial charge on any atom is -0.493 e. The van der Waals surface area contributed by atoms with E-state index in [1.807, 2.05) is 12.1 Å². The van der Waals surface area contributed by atoms with Gasteiger partial charge in [-0.3, -0.25) is 4.90 Å². The van der Waals surface area contributed by atoms with E-state index in [-0.39, 0.29) is 5.82 Å². The smallest absolute Gasteiger partial charge is 0.203 e. The Hall–Kier alpha value is -2.98. The maximum atomic E-state index is 9.32. The molecule has 2 aromatic rings. The number of aromatic nitrogens is 1. The summed E-state index contributed by atoms with van der Waals surface area (Å²) < 4.78 is 16.2. The standard InChI is InChI=1S/C18H20N4O3/c1-23-15-4-11(5-16(24-2)17(15)25-3)8-22-9-12-7-21-18(20)13(6-19)14(12)10-22/h4-5,7H,8-10H2,1-3H3,(H2,20,21). The molecule has 0 saturated heterocycles. The van der Waals surface area contributed by atoms with Gasteiger partial charge in [0.1, 0.15) is 11.9 Å². The molecular weight excluding hydrogens is 320 g/mol. The molecule has 0 atom stereocenters. The average Bonchev–Trinajstić information content (AvgIpc) is 3.03. The van der Waals surface area contributed by atoms with Gasteiger partial charge in [0.2, 0.25) is 5.75 Å². The second-order valence-corrected chi connectivity index (χ2v) is 5.81. The van der Waals surface area contributed by atoms with E-state index < -0.39 is 0 Å². The van der Waals surface area contributed by atoms with Crippen LogP contribution in [0.25, 0.3) is 0 Å². The fraction of sp³-hybridized carbons (Fsp3) is 0.333. The van der Waals surface area contributed by atoms with Crippen LogP contribution in [0.3, 0.4) is 0 Å². The molecule has 1 aliphatic heterocycles. The fourth-order valence-corrected chi connectivity index (χ4v) is 3.16. The molecule has 0 unspecified atom stereocenters. The van der Waals surface area contributed by atoms with E-state index in [9.17, 15) is 5.26 Å². The van der Waals surface area contributed by atoms with Crippen LogP contribution in [-0.4, -0.2) is 31.2 Å². The summed E-state index contributed by atoms with van der Waals surface area (Å²) in [5.74, 6) is 2.10. The molecule has 130 valence electrons. The van der Waals surface area contributed by atoms with Gasteiger partial charge in [-0.05, 0) is 28.8 Å². The number of pyridine rings is 1. The highest BCUT2D eigenvalue weighted by Crippen LogP contribution is 2.39. The lowest BCUT2D eigenvalue weighted by atomic mass is 10.1. The number of hydrogen-bond donors (Lipinski definition) is 1. The molecule has 2 heterocycles. The van der Waals surface area contributed by atoms with Gasteiger partial charge in [0, 0.05) is 25.8 Å². The Morgan fingerprint density at radius 2 is 1.84 bits per heavy atom. The number of methoxy groups -OCH3 is 3. The van der Waals surface area contributed by atoms with Crippen LogP contribution in [-0.2, 0) is 19.6 Å². The van der Waals surface area contributed by atoms with Crippen LogP contribution in [0.2, 0.25) is 0 Å². The predicted molar refractivity (Wildman–Crippen MR) is 92.4 cm³/mol. The fourth-order valence-electron chi connectivity index (χ4n) is 3.16. The van der Waals surface area contributed by atoms with Gasteiger partial charge in [-0.25, -0.2) is 4.98 Å². The summed E-state index contributed by atoms with van der Waals surface area (Å²) in [6.07, 6.45) is 1.75. The second-order valence-electron chi connectivity index (χ2n) is 5.81. The zero-order chi connectivity index (χ0) is 18.0. The second kappa shape index (κ2) is 6.87. The van der Waals surface area contributed by atoms with Crippen LogP contribution in [0.4, 0.5) is 5.82 Å². The summed E-state index contributed by atoms with van der Waals surface area (Å²) in [4.78, 5) is 6.33. The van der Waals surface area contributed by atoms with Crippen molar-refractivity contribution in [3.05, 3.63) is 40.6 Å². The molecule has 0 spiro atoms. The highest BCUT2D eigenvalue weighted by Gasteiger charge is 2.24. The lowest BCUT2D eigenvalue weighted by Gasteiger charge is -2.18. The third-order valence-electron chi connectivity index (χ3n) is 4.32. The van der Waals surface area contributed by atoms with Gasteiger partial charge >= 0.3 is 0 Å². The Balaban J connectivity index is 1.86. The lowest BCUT2D eigenvalue weighted by Crippen LogP contribution is -2.16. The van der Waals surface area contributed by atoms with Crippen molar-refractivity contribution in [2.24, 2.45) is 0 Å². The minimum atomic E-state index is 0.288. The van der Waals surface area contributed by atoms with Crippen molar-refractivity contribution < 1.29 is 14.2 Å². The number of fused-ring (bicyclic) bond motifs is 1. The van der Waals surface area contributed by atoms with E-state index >= 15 is 0 Å². The SMILES string of the molecule is COc1cc(CN2Cc3cnc(N)c(C#N)c3C2)cc(OC)c1OC. The summed E-state index contributed by atoms with van der Waals surface area (Å²) in [6.45, 7) is 2.05. The summed E-state index contributed by atoms with van der Waals surface area (Å²) in [6, 6.07) is 6.03. The van der Waals surface area contributed by atoms with Crippen LogP contribution in [0.15, 0.2) is 18.3 Å². The van der Waals surface area contributed by atoms with E-state index in [4.69, 9.17) is 19.9 Å². The average molecular weight is 340 g/mol. The van der Waals surface area contributed by atoms with Crippen molar-refractivity contribution in [3.63, 3.8) is 0 Å². The first-order chi connectivity index (χ1) is 12.1. The first-order valence-corrected chi connectivity index (χ1v) is 7.78. The zero-order valence-corrected chi connectivity index (χ0v) is 14.5. The van der Waals surface area contributed by atoms with Crippen LogP contribution >= 0.6 is 0 Å². The van der Waals surface area contributed by atoms with E-state index in [2.05, 4.69) is 16.0 Å². The van der Waals surface area contributed by atoms with Crippen LogP contribution in [0.5, 0.6) is 17.2 Å². The summed E-state index contributed by atoms with van der Waals surface area (Å²) >= 11 is 0. The molecule has 3 rings (SSSR count). The predicted octanol–water partition coefficient (Wildman–Crippen LogP) is 2.08. The summed E-state index contributed by atoms with van der Waals surface area (Å²) in [5, 5.41) is 9.32. The molecular formula is C18H20N4O3. The summed E-state index contributed by atoms with van der Waals surface area (Å²) in [7, 11) is 4.78. The van der Waals surface area contributed by atoms with Crippen molar-refractivity contribution in [1.29, 1.82) is 5.26 Å². The van der Waals surface area contributed by atoms with Crippen molar-refractivity contribution in [1.82, 2.24) is 9.88 Å². The van der Waals surface area contributed by atoms with Crippen LogP contribution in [0.1, 0.15) is 22.3 Å². The number of hydrogen-bond acceptors (Lipinski definition) is 7. The van der Waals surface area contributed by atoms with Crippen molar-refractivity contribution in [2.45, 2.75) is 19.6 Å². The van der Waals surface area contributed by atoms with Gasteiger partial charge in [-0.15, -0.1) is 0 Å². The highest BCUT2D eigenvalue weighted by atomic mass is 16.5. The molecule has 0 fully saturated rings. The zero-order valence-electron chi connectivity index (χ0n) is 14.5. The Bertz CT molecular complexity index is 820. The number of nitrogens with two attached hydrogens (primary N) is 1. The quantitative estimate of drug-likeness (QED) is 0.890. The van der Waals surface area contributed by atoms with Gasteiger partial charge in [0.15, 0.2) is 11.5 Å². The number of nitrogen functional groups attached to an aromatic ring is 1. The van der Waals surface area contributed by atoms with Crippen LogP contribution in [0, 0.1) is 11.3 Å². The first kappa shape index (κ1) is 16.9. The number of nitrogens with zero attached hydrogens (tertiary/aromatic N) is 3. The largest absolute Gasteiger partial charge is 0.493 e. The highest BCUT2D eigenvalue weighted by molar-refractivity contribution is 5.57. The van der Waals surface area contributed by atoms with Gasteiger partial charge in [0.05, 0.1) is 26.9 Å². The molecule has 1 aromatic carbocycles. The lowest BCUT2D eigenvalue weighted by molar-refractivity contribution is 0.272. The molecule has 0 bridgehead atoms. The minimum absolute atomic E-state index is 0.288.